The molecule has 0 radical (unpaired) electrons. The van der Waals surface area contributed by atoms with Crippen molar-refractivity contribution < 1.29 is 23.0 Å². The van der Waals surface area contributed by atoms with Crippen LogP contribution >= 0.6 is 0 Å². The highest BCUT2D eigenvalue weighted by Gasteiger charge is 2.18. The molecule has 1 atom stereocenters. The van der Waals surface area contributed by atoms with E-state index >= 15 is 0 Å². The first-order valence-corrected chi connectivity index (χ1v) is 13.8. The van der Waals surface area contributed by atoms with Crippen LogP contribution in [0.1, 0.15) is 34.5 Å². The zero-order valence-corrected chi connectivity index (χ0v) is 24.7. The lowest BCUT2D eigenvalue weighted by Gasteiger charge is -2.18. The molecule has 0 saturated heterocycles. The maximum absolute atomic E-state index is 13.4. The van der Waals surface area contributed by atoms with Gasteiger partial charge >= 0.3 is 0 Å². The van der Waals surface area contributed by atoms with E-state index in [0.717, 1.165) is 34.4 Å². The molecule has 0 aliphatic heterocycles. The average Bonchev–Trinajstić information content (AvgIpc) is 3.62. The minimum atomic E-state index is -2.51. The maximum Gasteiger partial charge on any atom is 0.257 e. The topological polar surface area (TPSA) is 86.4 Å². The Bertz CT molecular complexity index is 1480. The predicted molar refractivity (Wildman–Crippen MR) is 158 cm³/mol. The highest BCUT2D eigenvalue weighted by atomic mass is 19.3. The molecule has 4 rings (SSSR count). The van der Waals surface area contributed by atoms with Crippen LogP contribution in [0.4, 0.5) is 8.78 Å². The van der Waals surface area contributed by atoms with Gasteiger partial charge in [-0.15, -0.1) is 0 Å². The Kier molecular flexibility index (Phi) is 10.4. The van der Waals surface area contributed by atoms with Crippen LogP contribution in [0.5, 0.6) is 5.75 Å². The molecule has 1 N–H and O–H groups in total. The normalized spacial score (nSPS) is 12.2. The summed E-state index contributed by atoms with van der Waals surface area (Å²) in [5.41, 5.74) is 5.46. The minimum absolute atomic E-state index is 0.220. The number of aryl methyl sites for hydroxylation is 1. The number of hydrogen-bond acceptors (Lipinski definition) is 6. The molecule has 0 saturated carbocycles. The summed E-state index contributed by atoms with van der Waals surface area (Å²) in [5, 5.41) is 11.7. The molecule has 0 spiro atoms. The Balaban J connectivity index is 1.62. The van der Waals surface area contributed by atoms with Gasteiger partial charge in [0, 0.05) is 42.7 Å². The van der Waals surface area contributed by atoms with Crippen molar-refractivity contribution in [1.82, 2.24) is 29.8 Å². The molecule has 0 unspecified atom stereocenters. The van der Waals surface area contributed by atoms with Crippen molar-refractivity contribution in [3.05, 3.63) is 77.9 Å². The third kappa shape index (κ3) is 8.23. The lowest BCUT2D eigenvalue weighted by molar-refractivity contribution is 0.0938. The standard InChI is InChI=1S/C31H38F2N6O3/c1-21-6-7-28(42-11-8-37(3)4)15-29(21)31(40)36-22(2)23-12-24(26-16-34-38(18-26)9-10-41-5)14-25(13-23)27-17-35-39(19-27)20-30(32)33/h6-7,12-19,22,30H,8-11,20H2,1-5H3,(H,36,40)/t22-/m1/s1. The van der Waals surface area contributed by atoms with Crippen LogP contribution in [0.2, 0.25) is 0 Å². The van der Waals surface area contributed by atoms with Gasteiger partial charge in [-0.25, -0.2) is 8.78 Å². The second kappa shape index (κ2) is 14.2. The molecule has 42 heavy (non-hydrogen) atoms. The van der Waals surface area contributed by atoms with Crippen LogP contribution in [0.25, 0.3) is 22.3 Å². The van der Waals surface area contributed by atoms with E-state index < -0.39 is 13.0 Å². The number of benzene rings is 2. The van der Waals surface area contributed by atoms with Crippen LogP contribution in [0, 0.1) is 6.92 Å². The fourth-order valence-electron chi connectivity index (χ4n) is 4.45. The quantitative estimate of drug-likeness (QED) is 0.224. The smallest absolute Gasteiger partial charge is 0.257 e. The summed E-state index contributed by atoms with van der Waals surface area (Å²) in [7, 11) is 5.59. The number of nitrogens with zero attached hydrogens (tertiary/aromatic N) is 5. The minimum Gasteiger partial charge on any atom is -0.492 e. The van der Waals surface area contributed by atoms with Crippen molar-refractivity contribution in [2.24, 2.45) is 0 Å². The van der Waals surface area contributed by atoms with Crippen molar-refractivity contribution in [3.63, 3.8) is 0 Å². The first-order valence-electron chi connectivity index (χ1n) is 13.8. The SMILES string of the molecule is COCCn1cc(-c2cc(-c3cnn(CC(F)F)c3)cc([C@@H](C)NC(=O)c3cc(OCCN(C)C)ccc3C)c2)cn1. The van der Waals surface area contributed by atoms with Crippen molar-refractivity contribution in [3.8, 4) is 28.0 Å². The third-order valence-electron chi connectivity index (χ3n) is 6.85. The Morgan fingerprint density at radius 3 is 2.29 bits per heavy atom. The molecule has 0 bridgehead atoms. The van der Waals surface area contributed by atoms with Gasteiger partial charge in [-0.1, -0.05) is 6.07 Å². The summed E-state index contributed by atoms with van der Waals surface area (Å²) in [6.45, 7) is 5.72. The molecule has 0 aliphatic carbocycles. The fraction of sp³-hybridized carbons (Fsp3) is 0.387. The van der Waals surface area contributed by atoms with Crippen LogP contribution in [0.3, 0.4) is 0 Å². The molecule has 224 valence electrons. The third-order valence-corrected chi connectivity index (χ3v) is 6.85. The second-order valence-corrected chi connectivity index (χ2v) is 10.5. The number of aromatic nitrogens is 4. The Hall–Kier alpha value is -4.09. The first kappa shape index (κ1) is 30.9. The number of hydrogen-bond donors (Lipinski definition) is 1. The average molecular weight is 581 g/mol. The molecule has 1 amide bonds. The zero-order valence-electron chi connectivity index (χ0n) is 24.7. The van der Waals surface area contributed by atoms with Gasteiger partial charge in [0.25, 0.3) is 12.3 Å². The van der Waals surface area contributed by atoms with E-state index in [4.69, 9.17) is 9.47 Å². The number of methoxy groups -OCH3 is 1. The van der Waals surface area contributed by atoms with Gasteiger partial charge in [-0.2, -0.15) is 10.2 Å². The van der Waals surface area contributed by atoms with Crippen LogP contribution in [0.15, 0.2) is 61.2 Å². The zero-order chi connectivity index (χ0) is 30.2. The molecule has 4 aromatic rings. The van der Waals surface area contributed by atoms with E-state index in [1.165, 1.54) is 4.68 Å². The van der Waals surface area contributed by atoms with E-state index in [2.05, 4.69) is 15.5 Å². The molecule has 2 aromatic carbocycles. The number of carbonyl (C=O) groups excluding carboxylic acids is 1. The van der Waals surface area contributed by atoms with Gasteiger partial charge in [0.2, 0.25) is 0 Å². The van der Waals surface area contributed by atoms with Crippen molar-refractivity contribution in [2.75, 3.05) is 41.0 Å². The molecular weight excluding hydrogens is 542 g/mol. The van der Waals surface area contributed by atoms with E-state index in [9.17, 15) is 13.6 Å². The summed E-state index contributed by atoms with van der Waals surface area (Å²) >= 11 is 0. The number of alkyl halides is 2. The maximum atomic E-state index is 13.4. The van der Waals surface area contributed by atoms with Crippen LogP contribution < -0.4 is 10.1 Å². The fourth-order valence-corrected chi connectivity index (χ4v) is 4.45. The predicted octanol–water partition coefficient (Wildman–Crippen LogP) is 5.06. The van der Waals surface area contributed by atoms with Gasteiger partial charge in [0.05, 0.1) is 31.6 Å². The summed E-state index contributed by atoms with van der Waals surface area (Å²) in [5.74, 6) is 0.415. The number of halogens is 2. The van der Waals surface area contributed by atoms with E-state index in [-0.39, 0.29) is 11.9 Å². The largest absolute Gasteiger partial charge is 0.492 e. The molecule has 2 aromatic heterocycles. The number of carbonyl (C=O) groups is 1. The van der Waals surface area contributed by atoms with Crippen molar-refractivity contribution in [2.45, 2.75) is 39.4 Å². The number of likely N-dealkylation sites (N-methyl/N-ethyl adjacent to an activating group) is 1. The Morgan fingerprint density at radius 1 is 0.976 bits per heavy atom. The first-order chi connectivity index (χ1) is 20.1. The molecule has 0 aliphatic rings. The highest BCUT2D eigenvalue weighted by Crippen LogP contribution is 2.31. The second-order valence-electron chi connectivity index (χ2n) is 10.5. The van der Waals surface area contributed by atoms with E-state index in [1.807, 2.05) is 69.4 Å². The molecular formula is C31H38F2N6O3. The lowest BCUT2D eigenvalue weighted by atomic mass is 9.96. The molecule has 0 fully saturated rings. The summed E-state index contributed by atoms with van der Waals surface area (Å²) in [6.07, 6.45) is 4.37. The molecule has 11 heteroatoms. The van der Waals surface area contributed by atoms with E-state index in [0.29, 0.717) is 36.6 Å². The van der Waals surface area contributed by atoms with Gasteiger partial charge < -0.3 is 19.7 Å². The van der Waals surface area contributed by atoms with Crippen molar-refractivity contribution >= 4 is 5.91 Å². The van der Waals surface area contributed by atoms with Gasteiger partial charge in [-0.3, -0.25) is 14.2 Å². The lowest BCUT2D eigenvalue weighted by Crippen LogP contribution is -2.27. The molecule has 9 nitrogen and oxygen atoms in total. The highest BCUT2D eigenvalue weighted by molar-refractivity contribution is 5.96. The van der Waals surface area contributed by atoms with Crippen LogP contribution in [-0.2, 0) is 17.8 Å². The molecule has 2 heterocycles. The number of nitrogens with one attached hydrogen (secondary N) is 1. The summed E-state index contributed by atoms with van der Waals surface area (Å²) < 4.78 is 40.0. The number of ether oxygens (including phenoxy) is 2. The van der Waals surface area contributed by atoms with E-state index in [1.54, 1.807) is 36.4 Å². The Morgan fingerprint density at radius 2 is 1.64 bits per heavy atom. The van der Waals surface area contributed by atoms with Gasteiger partial charge in [0.1, 0.15) is 18.9 Å². The van der Waals surface area contributed by atoms with Crippen LogP contribution in [-0.4, -0.2) is 77.8 Å². The number of rotatable bonds is 14. The number of amides is 1. The van der Waals surface area contributed by atoms with Crippen molar-refractivity contribution in [1.29, 1.82) is 0 Å². The van der Waals surface area contributed by atoms with Gasteiger partial charge in [-0.05, 0) is 80.5 Å². The summed E-state index contributed by atoms with van der Waals surface area (Å²) in [4.78, 5) is 15.4. The Labute approximate surface area is 245 Å². The monoisotopic (exact) mass is 580 g/mol. The van der Waals surface area contributed by atoms with Gasteiger partial charge in [0.15, 0.2) is 0 Å². The summed E-state index contributed by atoms with van der Waals surface area (Å²) in [6, 6.07) is 11.1.